The number of hydrogen-bond acceptors (Lipinski definition) is 3. The van der Waals surface area contributed by atoms with E-state index in [0.29, 0.717) is 12.2 Å². The van der Waals surface area contributed by atoms with Crippen LogP contribution in [-0.2, 0) is 10.0 Å². The molecule has 1 unspecified atom stereocenters. The van der Waals surface area contributed by atoms with Crippen molar-refractivity contribution >= 4 is 28.6 Å². The summed E-state index contributed by atoms with van der Waals surface area (Å²) in [5, 5.41) is 18.7. The minimum Gasteiger partial charge on any atom is -0.477 e. The second-order valence-electron chi connectivity index (χ2n) is 3.42. The molecular weight excluding hydrogens is 311 g/mol. The fraction of sp³-hybridized carbons (Fsp3) is 0.556. The normalized spacial score (nSPS) is 14.9. The molecule has 0 saturated heterocycles. The van der Waals surface area contributed by atoms with Crippen molar-refractivity contribution in [1.29, 1.82) is 0 Å². The molecule has 0 bridgehead atoms. The molecule has 0 aromatic carbocycles. The van der Waals surface area contributed by atoms with Gasteiger partial charge in [-0.1, -0.05) is 6.92 Å². The van der Waals surface area contributed by atoms with Gasteiger partial charge in [-0.3, -0.25) is 0 Å². The highest BCUT2D eigenvalue weighted by molar-refractivity contribution is 14.1. The van der Waals surface area contributed by atoms with Crippen LogP contribution < -0.4 is 0 Å². The van der Waals surface area contributed by atoms with Crippen molar-refractivity contribution in [1.82, 2.24) is 9.97 Å². The minimum atomic E-state index is -1.27. The SMILES string of the molecule is CCCc1nc(C(C)(O)I)c(C(=O)O)[nH]1. The first kappa shape index (κ1) is 12.4. The molecule has 1 heterocycles. The standard InChI is InChI=1S/C9H13IN2O3/c1-3-4-5-11-6(8(13)14)7(12-5)9(2,10)15/h15H,3-4H2,1-2H3,(H,11,12)(H,13,14). The number of nitrogens with one attached hydrogen (secondary N) is 1. The Labute approximate surface area is 101 Å². The maximum Gasteiger partial charge on any atom is 0.354 e. The van der Waals surface area contributed by atoms with Gasteiger partial charge in [-0.2, -0.15) is 0 Å². The number of rotatable bonds is 4. The third kappa shape index (κ3) is 2.91. The molecule has 5 nitrogen and oxygen atoms in total. The predicted octanol–water partition coefficient (Wildman–Crippen LogP) is 1.66. The highest BCUT2D eigenvalue weighted by atomic mass is 127. The van der Waals surface area contributed by atoms with Gasteiger partial charge >= 0.3 is 5.97 Å². The largest absolute Gasteiger partial charge is 0.477 e. The number of nitrogens with zero attached hydrogens (tertiary/aromatic N) is 1. The van der Waals surface area contributed by atoms with Crippen LogP contribution in [0.4, 0.5) is 0 Å². The van der Waals surface area contributed by atoms with E-state index >= 15 is 0 Å². The first-order valence-corrected chi connectivity index (χ1v) is 5.68. The lowest BCUT2D eigenvalue weighted by Crippen LogP contribution is -2.16. The summed E-state index contributed by atoms with van der Waals surface area (Å²) >= 11 is 1.75. The van der Waals surface area contributed by atoms with Gasteiger partial charge in [-0.15, -0.1) is 0 Å². The van der Waals surface area contributed by atoms with Crippen molar-refractivity contribution in [3.63, 3.8) is 0 Å². The number of carboxylic acid groups (broad SMARTS) is 1. The Morgan fingerprint density at radius 1 is 1.67 bits per heavy atom. The van der Waals surface area contributed by atoms with Crippen molar-refractivity contribution in [3.8, 4) is 0 Å². The third-order valence-electron chi connectivity index (χ3n) is 1.89. The van der Waals surface area contributed by atoms with E-state index in [2.05, 4.69) is 9.97 Å². The average molecular weight is 324 g/mol. The van der Waals surface area contributed by atoms with E-state index in [0.717, 1.165) is 6.42 Å². The number of halogens is 1. The summed E-state index contributed by atoms with van der Waals surface area (Å²) in [4.78, 5) is 17.7. The van der Waals surface area contributed by atoms with E-state index in [-0.39, 0.29) is 11.4 Å². The topological polar surface area (TPSA) is 86.2 Å². The second kappa shape index (κ2) is 4.48. The molecule has 0 aliphatic heterocycles. The molecule has 0 radical (unpaired) electrons. The summed E-state index contributed by atoms with van der Waals surface area (Å²) in [6, 6.07) is 0. The molecule has 0 saturated carbocycles. The molecule has 0 aliphatic carbocycles. The third-order valence-corrected chi connectivity index (χ3v) is 2.40. The van der Waals surface area contributed by atoms with Gasteiger partial charge in [0.25, 0.3) is 0 Å². The number of H-pyrrole nitrogens is 1. The van der Waals surface area contributed by atoms with Crippen molar-refractivity contribution in [2.24, 2.45) is 0 Å². The van der Waals surface area contributed by atoms with Crippen LogP contribution in [0.1, 0.15) is 42.3 Å². The molecule has 6 heteroatoms. The molecule has 1 rings (SSSR count). The zero-order chi connectivity index (χ0) is 11.6. The van der Waals surface area contributed by atoms with Gasteiger partial charge in [0.15, 0.2) is 9.30 Å². The van der Waals surface area contributed by atoms with Crippen molar-refractivity contribution < 1.29 is 15.0 Å². The summed E-state index contributed by atoms with van der Waals surface area (Å²) in [7, 11) is 0. The summed E-state index contributed by atoms with van der Waals surface area (Å²) in [6.45, 7) is 3.48. The van der Waals surface area contributed by atoms with Crippen LogP contribution >= 0.6 is 22.6 Å². The lowest BCUT2D eigenvalue weighted by atomic mass is 10.2. The quantitative estimate of drug-likeness (QED) is 0.581. The summed E-state index contributed by atoms with van der Waals surface area (Å²) in [5.74, 6) is -0.501. The van der Waals surface area contributed by atoms with Crippen LogP contribution in [0.15, 0.2) is 0 Å². The number of carbonyl (C=O) groups is 1. The average Bonchev–Trinajstić information content (AvgIpc) is 2.48. The number of aryl methyl sites for hydroxylation is 1. The van der Waals surface area contributed by atoms with E-state index in [1.54, 1.807) is 22.6 Å². The molecule has 0 fully saturated rings. The van der Waals surface area contributed by atoms with E-state index in [4.69, 9.17) is 5.11 Å². The molecule has 15 heavy (non-hydrogen) atoms. The highest BCUT2D eigenvalue weighted by Gasteiger charge is 2.29. The van der Waals surface area contributed by atoms with Crippen LogP contribution in [0.3, 0.4) is 0 Å². The van der Waals surface area contributed by atoms with Gasteiger partial charge in [-0.25, -0.2) is 9.78 Å². The van der Waals surface area contributed by atoms with Gasteiger partial charge < -0.3 is 15.2 Å². The number of imidazole rings is 1. The van der Waals surface area contributed by atoms with Crippen LogP contribution in [-0.4, -0.2) is 26.2 Å². The van der Waals surface area contributed by atoms with Crippen LogP contribution in [0.5, 0.6) is 0 Å². The zero-order valence-electron chi connectivity index (χ0n) is 8.54. The smallest absolute Gasteiger partial charge is 0.354 e. The van der Waals surface area contributed by atoms with Gasteiger partial charge in [-0.05, 0) is 35.9 Å². The molecular formula is C9H13IN2O3. The Kier molecular flexibility index (Phi) is 3.72. The van der Waals surface area contributed by atoms with Gasteiger partial charge in [0.05, 0.1) is 0 Å². The molecule has 1 atom stereocenters. The molecule has 0 aliphatic rings. The van der Waals surface area contributed by atoms with Crippen LogP contribution in [0.25, 0.3) is 0 Å². The number of hydrogen-bond donors (Lipinski definition) is 3. The predicted molar refractivity (Wildman–Crippen MR) is 63.1 cm³/mol. The van der Waals surface area contributed by atoms with Crippen molar-refractivity contribution in [2.75, 3.05) is 0 Å². The number of alkyl halides is 1. The van der Waals surface area contributed by atoms with Gasteiger partial charge in [0, 0.05) is 6.42 Å². The Bertz CT molecular complexity index is 368. The van der Waals surface area contributed by atoms with Crippen LogP contribution in [0.2, 0.25) is 0 Å². The maximum atomic E-state index is 10.9. The molecule has 1 aromatic heterocycles. The number of aliphatic hydroxyl groups is 1. The Hall–Kier alpha value is -0.630. The lowest BCUT2D eigenvalue weighted by molar-refractivity contribution is 0.0682. The Morgan fingerprint density at radius 2 is 2.27 bits per heavy atom. The Balaban J connectivity index is 3.18. The summed E-state index contributed by atoms with van der Waals surface area (Å²) in [5.41, 5.74) is 0.150. The number of aromatic nitrogens is 2. The maximum absolute atomic E-state index is 10.9. The second-order valence-corrected chi connectivity index (χ2v) is 5.52. The molecule has 3 N–H and O–H groups in total. The first-order valence-electron chi connectivity index (χ1n) is 4.60. The Morgan fingerprint density at radius 3 is 2.60 bits per heavy atom. The number of carboxylic acids is 1. The van der Waals surface area contributed by atoms with E-state index in [1.165, 1.54) is 6.92 Å². The molecule has 0 amide bonds. The van der Waals surface area contributed by atoms with Crippen molar-refractivity contribution in [2.45, 2.75) is 30.3 Å². The molecule has 1 aromatic rings. The fourth-order valence-corrected chi connectivity index (χ4v) is 1.65. The summed E-state index contributed by atoms with van der Waals surface area (Å²) in [6.07, 6.45) is 1.54. The molecule has 0 spiro atoms. The summed E-state index contributed by atoms with van der Waals surface area (Å²) < 4.78 is -1.27. The minimum absolute atomic E-state index is 0.0298. The number of aromatic amines is 1. The van der Waals surface area contributed by atoms with Crippen LogP contribution in [0, 0.1) is 0 Å². The van der Waals surface area contributed by atoms with Crippen molar-refractivity contribution in [3.05, 3.63) is 17.2 Å². The number of aromatic carboxylic acids is 1. The lowest BCUT2D eigenvalue weighted by Gasteiger charge is -2.12. The molecule has 84 valence electrons. The van der Waals surface area contributed by atoms with E-state index in [9.17, 15) is 9.90 Å². The van der Waals surface area contributed by atoms with Gasteiger partial charge in [0.2, 0.25) is 0 Å². The fourth-order valence-electron chi connectivity index (χ4n) is 1.26. The monoisotopic (exact) mass is 324 g/mol. The highest BCUT2D eigenvalue weighted by Crippen LogP contribution is 2.29. The van der Waals surface area contributed by atoms with E-state index in [1.807, 2.05) is 6.92 Å². The van der Waals surface area contributed by atoms with Gasteiger partial charge in [0.1, 0.15) is 11.5 Å². The first-order chi connectivity index (χ1) is 6.86. The van der Waals surface area contributed by atoms with E-state index < -0.39 is 9.58 Å². The zero-order valence-corrected chi connectivity index (χ0v) is 10.7.